The van der Waals surface area contributed by atoms with Gasteiger partial charge in [-0.2, -0.15) is 0 Å². The maximum atomic E-state index is 14.8. The molecule has 3 unspecified atom stereocenters. The third-order valence-electron chi connectivity index (χ3n) is 9.54. The molecule has 3 heterocycles. The fourth-order valence-corrected chi connectivity index (χ4v) is 9.59. The number of unbranched alkanes of at least 4 members (excludes halogenated alkanes) is 2. The number of esters is 1. The molecule has 42 heavy (non-hydrogen) atoms. The number of rotatable bonds is 15. The summed E-state index contributed by atoms with van der Waals surface area (Å²) in [5.74, 6) is -1.49. The molecule has 0 saturated carbocycles. The Kier molecular flexibility index (Phi) is 10.5. The van der Waals surface area contributed by atoms with Crippen LogP contribution in [0.25, 0.3) is 0 Å². The molecule has 4 rings (SSSR count). The Balaban J connectivity index is 1.76. The van der Waals surface area contributed by atoms with Gasteiger partial charge in [0.15, 0.2) is 0 Å². The number of benzene rings is 1. The minimum absolute atomic E-state index is 0.00904. The standard InChI is InChI=1S/C33H46N2O6S/c1-7-10-11-12-18-41-32(39)27-26-19-22(5)33(42-26)28(27)30(37)35(25(20-36)21(4)9-3)29(33)31(38)34(17-8-2)23-13-15-24(40-6)16-14-23/h7-8,13-16,21-22,25-29,36H,1-2,9-12,17-20H2,3-6H3/t21-,22?,25-,26+,27-,28-,29?,33?/m0/s1. The van der Waals surface area contributed by atoms with E-state index in [1.54, 1.807) is 46.9 Å². The monoisotopic (exact) mass is 598 g/mol. The molecule has 0 radical (unpaired) electrons. The Hall–Kier alpha value is -2.78. The van der Waals surface area contributed by atoms with E-state index < -0.39 is 28.7 Å². The van der Waals surface area contributed by atoms with Crippen molar-refractivity contribution in [2.45, 2.75) is 75.0 Å². The number of fused-ring (bicyclic) bond motifs is 1. The number of carbonyl (C=O) groups is 3. The van der Waals surface area contributed by atoms with E-state index in [0.29, 0.717) is 18.0 Å². The predicted octanol–water partition coefficient (Wildman–Crippen LogP) is 4.86. The highest BCUT2D eigenvalue weighted by Gasteiger charge is 2.77. The van der Waals surface area contributed by atoms with Crippen molar-refractivity contribution in [2.75, 3.05) is 31.8 Å². The smallest absolute Gasteiger partial charge is 0.310 e. The first kappa shape index (κ1) is 32.1. The molecule has 1 spiro atoms. The van der Waals surface area contributed by atoms with E-state index in [9.17, 15) is 19.5 Å². The Labute approximate surface area is 254 Å². The number of allylic oxidation sites excluding steroid dienone is 1. The zero-order chi connectivity index (χ0) is 30.6. The number of anilines is 1. The number of thioether (sulfide) groups is 1. The van der Waals surface area contributed by atoms with Crippen molar-refractivity contribution in [1.29, 1.82) is 0 Å². The summed E-state index contributed by atoms with van der Waals surface area (Å²) in [4.78, 5) is 46.3. The van der Waals surface area contributed by atoms with Crippen LogP contribution in [0, 0.1) is 23.7 Å². The van der Waals surface area contributed by atoms with Crippen molar-refractivity contribution >= 4 is 35.2 Å². The lowest BCUT2D eigenvalue weighted by molar-refractivity contribution is -0.155. The molecule has 9 heteroatoms. The molecule has 3 fully saturated rings. The average Bonchev–Trinajstić information content (AvgIpc) is 3.59. The van der Waals surface area contributed by atoms with Crippen molar-refractivity contribution in [3.63, 3.8) is 0 Å². The molecular formula is C33H46N2O6S. The molecule has 2 amide bonds. The molecule has 0 aromatic heterocycles. The van der Waals surface area contributed by atoms with Crippen LogP contribution in [0.2, 0.25) is 0 Å². The van der Waals surface area contributed by atoms with Gasteiger partial charge in [0, 0.05) is 17.5 Å². The van der Waals surface area contributed by atoms with Gasteiger partial charge < -0.3 is 24.4 Å². The molecular weight excluding hydrogens is 552 g/mol. The fourth-order valence-electron chi connectivity index (χ4n) is 7.20. The van der Waals surface area contributed by atoms with Crippen LogP contribution in [-0.2, 0) is 19.1 Å². The number of methoxy groups -OCH3 is 1. The van der Waals surface area contributed by atoms with Crippen molar-refractivity contribution < 1.29 is 29.0 Å². The number of likely N-dealkylation sites (tertiary alicyclic amines) is 1. The highest BCUT2D eigenvalue weighted by Crippen LogP contribution is 2.69. The maximum absolute atomic E-state index is 14.8. The van der Waals surface area contributed by atoms with Gasteiger partial charge in [-0.05, 0) is 61.8 Å². The molecule has 2 bridgehead atoms. The molecule has 0 aliphatic carbocycles. The zero-order valence-electron chi connectivity index (χ0n) is 25.4. The number of hydrogen-bond acceptors (Lipinski definition) is 7. The van der Waals surface area contributed by atoms with Crippen LogP contribution in [0.3, 0.4) is 0 Å². The number of hydrogen-bond donors (Lipinski definition) is 1. The van der Waals surface area contributed by atoms with Gasteiger partial charge in [-0.15, -0.1) is 24.9 Å². The molecule has 230 valence electrons. The van der Waals surface area contributed by atoms with Crippen LogP contribution in [0.1, 0.15) is 52.9 Å². The van der Waals surface area contributed by atoms with Crippen LogP contribution in [0.5, 0.6) is 5.75 Å². The molecule has 3 saturated heterocycles. The highest BCUT2D eigenvalue weighted by atomic mass is 32.2. The molecule has 1 aromatic rings. The summed E-state index contributed by atoms with van der Waals surface area (Å²) in [6, 6.07) is 5.84. The second kappa shape index (κ2) is 13.7. The van der Waals surface area contributed by atoms with Crippen molar-refractivity contribution in [3.8, 4) is 5.75 Å². The molecule has 8 atom stereocenters. The Morgan fingerprint density at radius 1 is 1.24 bits per heavy atom. The van der Waals surface area contributed by atoms with Gasteiger partial charge in [0.05, 0.1) is 42.9 Å². The highest BCUT2D eigenvalue weighted by molar-refractivity contribution is 8.02. The van der Waals surface area contributed by atoms with Gasteiger partial charge in [-0.1, -0.05) is 39.3 Å². The summed E-state index contributed by atoms with van der Waals surface area (Å²) in [5, 5.41) is 10.5. The Bertz CT molecular complexity index is 1160. The minimum atomic E-state index is -0.849. The largest absolute Gasteiger partial charge is 0.497 e. The summed E-state index contributed by atoms with van der Waals surface area (Å²) in [6.45, 7) is 14.0. The van der Waals surface area contributed by atoms with Gasteiger partial charge in [0.25, 0.3) is 5.91 Å². The zero-order valence-corrected chi connectivity index (χ0v) is 26.2. The maximum Gasteiger partial charge on any atom is 0.310 e. The summed E-state index contributed by atoms with van der Waals surface area (Å²) in [5.41, 5.74) is 0.665. The quantitative estimate of drug-likeness (QED) is 0.175. The van der Waals surface area contributed by atoms with Crippen molar-refractivity contribution in [2.24, 2.45) is 23.7 Å². The summed E-state index contributed by atoms with van der Waals surface area (Å²) >= 11 is 1.62. The fraction of sp³-hybridized carbons (Fsp3) is 0.606. The lowest BCUT2D eigenvalue weighted by atomic mass is 9.66. The topological polar surface area (TPSA) is 96.4 Å². The van der Waals surface area contributed by atoms with E-state index in [1.807, 2.05) is 32.1 Å². The van der Waals surface area contributed by atoms with Crippen LogP contribution < -0.4 is 9.64 Å². The van der Waals surface area contributed by atoms with Gasteiger partial charge in [-0.25, -0.2) is 0 Å². The first-order valence-corrected chi connectivity index (χ1v) is 16.0. The molecule has 3 aliphatic heterocycles. The lowest BCUT2D eigenvalue weighted by Crippen LogP contribution is -2.60. The first-order valence-electron chi connectivity index (χ1n) is 15.2. The Morgan fingerprint density at radius 2 is 1.95 bits per heavy atom. The SMILES string of the molecule is C=CCCCCOC(=O)[C@@H]1[C@H]2C(=O)N([C@@H](CO)[C@@H](C)CC)C(C(=O)N(CC=C)c3ccc(OC)cc3)C23S[C@@H]1CC3C. The van der Waals surface area contributed by atoms with Crippen LogP contribution in [-0.4, -0.2) is 76.7 Å². The predicted molar refractivity (Wildman–Crippen MR) is 166 cm³/mol. The van der Waals surface area contributed by atoms with E-state index in [4.69, 9.17) is 9.47 Å². The van der Waals surface area contributed by atoms with E-state index in [0.717, 1.165) is 32.1 Å². The normalized spacial score (nSPS) is 29.1. The third-order valence-corrected chi connectivity index (χ3v) is 11.6. The van der Waals surface area contributed by atoms with E-state index in [2.05, 4.69) is 20.1 Å². The second-order valence-corrected chi connectivity index (χ2v) is 13.4. The summed E-state index contributed by atoms with van der Waals surface area (Å²) in [7, 11) is 1.59. The number of aliphatic hydroxyl groups excluding tert-OH is 1. The van der Waals surface area contributed by atoms with Gasteiger partial charge in [0.2, 0.25) is 5.91 Å². The number of nitrogens with zero attached hydrogens (tertiary/aromatic N) is 2. The van der Waals surface area contributed by atoms with Gasteiger partial charge >= 0.3 is 5.97 Å². The van der Waals surface area contributed by atoms with Crippen molar-refractivity contribution in [3.05, 3.63) is 49.6 Å². The lowest BCUT2D eigenvalue weighted by Gasteiger charge is -2.43. The number of amides is 2. The second-order valence-electron chi connectivity index (χ2n) is 11.8. The van der Waals surface area contributed by atoms with Gasteiger partial charge in [0.1, 0.15) is 11.8 Å². The molecule has 3 aliphatic rings. The third kappa shape index (κ3) is 5.50. The summed E-state index contributed by atoms with van der Waals surface area (Å²) < 4.78 is 10.3. The average molecular weight is 599 g/mol. The minimum Gasteiger partial charge on any atom is -0.497 e. The number of aliphatic hydroxyl groups is 1. The molecule has 1 N–H and O–H groups in total. The van der Waals surface area contributed by atoms with E-state index in [-0.39, 0.29) is 48.0 Å². The van der Waals surface area contributed by atoms with Crippen LogP contribution >= 0.6 is 11.8 Å². The molecule has 8 nitrogen and oxygen atoms in total. The van der Waals surface area contributed by atoms with Gasteiger partial charge in [-0.3, -0.25) is 14.4 Å². The van der Waals surface area contributed by atoms with E-state index >= 15 is 0 Å². The Morgan fingerprint density at radius 3 is 2.55 bits per heavy atom. The number of carbonyl (C=O) groups excluding carboxylic acids is 3. The van der Waals surface area contributed by atoms with Crippen molar-refractivity contribution in [1.82, 2.24) is 4.90 Å². The van der Waals surface area contributed by atoms with Crippen LogP contribution in [0.15, 0.2) is 49.6 Å². The number of ether oxygens (including phenoxy) is 2. The first-order chi connectivity index (χ1) is 20.2. The summed E-state index contributed by atoms with van der Waals surface area (Å²) in [6.07, 6.45) is 7.43. The van der Waals surface area contributed by atoms with E-state index in [1.165, 1.54) is 0 Å². The molecule has 1 aromatic carbocycles. The van der Waals surface area contributed by atoms with Crippen LogP contribution in [0.4, 0.5) is 5.69 Å².